The molecule has 1 aliphatic rings. The second-order valence-electron chi connectivity index (χ2n) is 9.24. The number of nitrogens with one attached hydrogen (secondary N) is 2. The number of guanidine groups is 2. The topological polar surface area (TPSA) is 264 Å². The molecular formula is C26H32N12O4. The normalized spacial score (nSPS) is 14.4. The Bertz CT molecular complexity index is 1560. The molecule has 0 aliphatic carbocycles. The molecule has 220 valence electrons. The molecule has 0 bridgehead atoms. The van der Waals surface area contributed by atoms with Crippen molar-refractivity contribution in [2.24, 2.45) is 38.7 Å². The van der Waals surface area contributed by atoms with Gasteiger partial charge in [-0.1, -0.05) is 19.1 Å². The first-order chi connectivity index (χ1) is 20.0. The highest BCUT2D eigenvalue weighted by Gasteiger charge is 2.38. The quantitative estimate of drug-likeness (QED) is 0.132. The van der Waals surface area contributed by atoms with Crippen molar-refractivity contribution in [1.82, 2.24) is 9.97 Å². The third-order valence-corrected chi connectivity index (χ3v) is 5.92. The summed E-state index contributed by atoms with van der Waals surface area (Å²) in [5.41, 5.74) is 29.5. The molecule has 0 fully saturated rings. The van der Waals surface area contributed by atoms with E-state index < -0.39 is 18.1 Å². The number of aromatic nitrogens is 2. The second kappa shape index (κ2) is 12.2. The predicted molar refractivity (Wildman–Crippen MR) is 159 cm³/mol. The van der Waals surface area contributed by atoms with Crippen molar-refractivity contribution in [2.75, 3.05) is 24.3 Å². The van der Waals surface area contributed by atoms with E-state index in [1.165, 1.54) is 0 Å². The molecule has 1 amide bonds. The molecule has 42 heavy (non-hydrogen) atoms. The molecular weight excluding hydrogens is 544 g/mol. The maximum absolute atomic E-state index is 13.1. The van der Waals surface area contributed by atoms with Gasteiger partial charge in [0, 0.05) is 25.7 Å². The van der Waals surface area contributed by atoms with Crippen LogP contribution in [-0.4, -0.2) is 59.9 Å². The van der Waals surface area contributed by atoms with Crippen LogP contribution in [-0.2, 0) is 4.79 Å². The van der Waals surface area contributed by atoms with Gasteiger partial charge in [-0.2, -0.15) is 9.97 Å². The average molecular weight is 577 g/mol. The van der Waals surface area contributed by atoms with E-state index in [0.717, 1.165) is 0 Å². The zero-order chi connectivity index (χ0) is 30.6. The SMILES string of the molecule is CCC(N=C(N)N)C1Oc2nc(Oc3ccccc3N=C(N)N)nc(Oc3ccc(C(=N)N)c(N(C)C)c3)c2NC1=O. The molecule has 0 radical (unpaired) electrons. The van der Waals surface area contributed by atoms with Gasteiger partial charge in [-0.05, 0) is 30.7 Å². The number of amides is 1. The molecule has 2 aromatic carbocycles. The molecule has 1 aromatic heterocycles. The van der Waals surface area contributed by atoms with Crippen LogP contribution in [0.3, 0.4) is 0 Å². The number of nitrogens with zero attached hydrogens (tertiary/aromatic N) is 5. The van der Waals surface area contributed by atoms with Crippen LogP contribution in [0.1, 0.15) is 18.9 Å². The molecule has 12 N–H and O–H groups in total. The summed E-state index contributed by atoms with van der Waals surface area (Å²) in [6, 6.07) is 10.7. The van der Waals surface area contributed by atoms with E-state index in [9.17, 15) is 4.79 Å². The van der Waals surface area contributed by atoms with E-state index in [2.05, 4.69) is 25.3 Å². The lowest BCUT2D eigenvalue weighted by Gasteiger charge is -2.29. The number of para-hydroxylation sites is 2. The summed E-state index contributed by atoms with van der Waals surface area (Å²) in [6.07, 6.45) is -0.713. The minimum absolute atomic E-state index is 0.0450. The molecule has 0 saturated carbocycles. The Kier molecular flexibility index (Phi) is 8.45. The zero-order valence-corrected chi connectivity index (χ0v) is 23.2. The van der Waals surface area contributed by atoms with Crippen LogP contribution in [0.4, 0.5) is 17.1 Å². The highest BCUT2D eigenvalue weighted by molar-refractivity contribution is 6.01. The number of nitrogen functional groups attached to an aromatic ring is 1. The van der Waals surface area contributed by atoms with Gasteiger partial charge in [-0.15, -0.1) is 0 Å². The van der Waals surface area contributed by atoms with Gasteiger partial charge in [0.1, 0.15) is 17.3 Å². The first kappa shape index (κ1) is 29.2. The number of nitrogens with two attached hydrogens (primary N) is 5. The maximum Gasteiger partial charge on any atom is 0.328 e. The number of hydrogen-bond donors (Lipinski definition) is 7. The monoisotopic (exact) mass is 576 g/mol. The van der Waals surface area contributed by atoms with Crippen LogP contribution in [0.5, 0.6) is 29.3 Å². The van der Waals surface area contributed by atoms with Crippen molar-refractivity contribution >= 4 is 40.7 Å². The van der Waals surface area contributed by atoms with Crippen LogP contribution in [0.2, 0.25) is 0 Å². The molecule has 2 unspecified atom stereocenters. The largest absolute Gasteiger partial charge is 0.460 e. The Labute approximate surface area is 241 Å². The Morgan fingerprint density at radius 2 is 1.83 bits per heavy atom. The van der Waals surface area contributed by atoms with Gasteiger partial charge >= 0.3 is 6.01 Å². The van der Waals surface area contributed by atoms with Crippen LogP contribution in [0.25, 0.3) is 0 Å². The van der Waals surface area contributed by atoms with Crippen molar-refractivity contribution in [3.8, 4) is 29.3 Å². The number of amidine groups is 1. The fraction of sp³-hybridized carbons (Fsp3) is 0.231. The lowest BCUT2D eigenvalue weighted by Crippen LogP contribution is -2.46. The number of benzene rings is 2. The van der Waals surface area contributed by atoms with Gasteiger partial charge in [-0.3, -0.25) is 10.2 Å². The third kappa shape index (κ3) is 6.49. The Hall–Kier alpha value is -5.80. The maximum atomic E-state index is 13.1. The van der Waals surface area contributed by atoms with E-state index in [4.69, 9.17) is 48.3 Å². The van der Waals surface area contributed by atoms with Crippen molar-refractivity contribution < 1.29 is 19.0 Å². The van der Waals surface area contributed by atoms with Crippen molar-refractivity contribution in [3.05, 3.63) is 48.0 Å². The Balaban J connectivity index is 1.81. The third-order valence-electron chi connectivity index (χ3n) is 5.92. The molecule has 2 atom stereocenters. The molecule has 3 aromatic rings. The lowest BCUT2D eigenvalue weighted by atomic mass is 10.1. The molecule has 4 rings (SSSR count). The second-order valence-corrected chi connectivity index (χ2v) is 9.24. The summed E-state index contributed by atoms with van der Waals surface area (Å²) < 4.78 is 18.1. The van der Waals surface area contributed by atoms with Crippen molar-refractivity contribution in [3.63, 3.8) is 0 Å². The smallest absolute Gasteiger partial charge is 0.328 e. The summed E-state index contributed by atoms with van der Waals surface area (Å²) in [5, 5.41) is 10.6. The lowest BCUT2D eigenvalue weighted by molar-refractivity contribution is -0.124. The average Bonchev–Trinajstić information content (AvgIpc) is 2.92. The van der Waals surface area contributed by atoms with Crippen LogP contribution < -0.4 is 53.1 Å². The number of ether oxygens (including phenoxy) is 3. The summed E-state index contributed by atoms with van der Waals surface area (Å²) in [4.78, 5) is 31.8. The van der Waals surface area contributed by atoms with E-state index in [1.54, 1.807) is 68.4 Å². The number of carbonyl (C=O) groups excluding carboxylic acids is 1. The van der Waals surface area contributed by atoms with E-state index in [-0.39, 0.29) is 47.0 Å². The Morgan fingerprint density at radius 1 is 1.10 bits per heavy atom. The fourth-order valence-corrected chi connectivity index (χ4v) is 4.06. The van der Waals surface area contributed by atoms with Gasteiger partial charge in [-0.25, -0.2) is 9.98 Å². The van der Waals surface area contributed by atoms with Gasteiger partial charge in [0.05, 0.1) is 11.7 Å². The first-order valence-electron chi connectivity index (χ1n) is 12.6. The first-order valence-corrected chi connectivity index (χ1v) is 12.6. The number of aliphatic imine (C=N–C) groups is 2. The molecule has 0 saturated heterocycles. The Morgan fingerprint density at radius 3 is 2.48 bits per heavy atom. The minimum Gasteiger partial charge on any atom is -0.460 e. The number of anilines is 2. The predicted octanol–water partition coefficient (Wildman–Crippen LogP) is 1.07. The van der Waals surface area contributed by atoms with Gasteiger partial charge in [0.15, 0.2) is 23.4 Å². The molecule has 1 aliphatic heterocycles. The van der Waals surface area contributed by atoms with Crippen molar-refractivity contribution in [2.45, 2.75) is 25.5 Å². The molecule has 16 nitrogen and oxygen atoms in total. The highest BCUT2D eigenvalue weighted by Crippen LogP contribution is 2.42. The van der Waals surface area contributed by atoms with Crippen LogP contribution in [0, 0.1) is 5.41 Å². The van der Waals surface area contributed by atoms with Crippen LogP contribution in [0.15, 0.2) is 52.4 Å². The van der Waals surface area contributed by atoms with E-state index >= 15 is 0 Å². The summed E-state index contributed by atoms with van der Waals surface area (Å²) in [7, 11) is 3.60. The fourth-order valence-electron chi connectivity index (χ4n) is 4.06. The van der Waals surface area contributed by atoms with Gasteiger partial charge < -0.3 is 53.1 Å². The molecule has 16 heteroatoms. The van der Waals surface area contributed by atoms with Gasteiger partial charge in [0.2, 0.25) is 12.0 Å². The standard InChI is InChI=1S/C26H32N12O4/c1-4-14(33-24(29)30)19-21(39)35-18-22(40-12-9-10-13(20(27)28)16(11-12)38(2)3)36-26(37-23(18)42-19)41-17-8-6-5-7-15(17)34-25(31)32/h5-11,14,19H,4H2,1-3H3,(H3,27,28)(H,35,39)(H4,29,30,33)(H4,31,32,34). The number of fused-ring (bicyclic) bond motifs is 1. The number of carbonyl (C=O) groups is 1. The summed E-state index contributed by atoms with van der Waals surface area (Å²) in [5.74, 6) is -0.584. The summed E-state index contributed by atoms with van der Waals surface area (Å²) in [6.45, 7) is 1.81. The minimum atomic E-state index is -1.11. The van der Waals surface area contributed by atoms with Crippen LogP contribution >= 0.6 is 0 Å². The molecule has 0 spiro atoms. The number of rotatable bonds is 10. The summed E-state index contributed by atoms with van der Waals surface area (Å²) >= 11 is 0. The van der Waals surface area contributed by atoms with E-state index in [1.807, 2.05) is 0 Å². The van der Waals surface area contributed by atoms with Gasteiger partial charge in [0.25, 0.3) is 11.8 Å². The van der Waals surface area contributed by atoms with E-state index in [0.29, 0.717) is 29.1 Å². The zero-order valence-electron chi connectivity index (χ0n) is 23.2. The highest BCUT2D eigenvalue weighted by atomic mass is 16.5. The number of hydrogen-bond acceptors (Lipinski definition) is 10. The molecule has 2 heterocycles. The van der Waals surface area contributed by atoms with Crippen molar-refractivity contribution in [1.29, 1.82) is 5.41 Å².